The number of aromatic amines is 1. The van der Waals surface area contributed by atoms with E-state index < -0.39 is 23.7 Å². The molecule has 1 atom stereocenters. The van der Waals surface area contributed by atoms with Gasteiger partial charge in [-0.25, -0.2) is 9.59 Å². The largest absolute Gasteiger partial charge is 0.487 e. The van der Waals surface area contributed by atoms with E-state index in [0.717, 1.165) is 5.39 Å². The monoisotopic (exact) mass is 464 g/mol. The van der Waals surface area contributed by atoms with E-state index in [1.54, 1.807) is 36.5 Å². The minimum absolute atomic E-state index is 0.283. The molecule has 3 heterocycles. The molecule has 5 rings (SSSR count). The van der Waals surface area contributed by atoms with Crippen LogP contribution in [0.1, 0.15) is 51.6 Å². The van der Waals surface area contributed by atoms with Crippen LogP contribution in [0.15, 0.2) is 42.6 Å². The van der Waals surface area contributed by atoms with Crippen LogP contribution in [0.5, 0.6) is 5.75 Å². The normalized spacial score (nSPS) is 18.7. The van der Waals surface area contributed by atoms with E-state index in [9.17, 15) is 19.5 Å². The van der Waals surface area contributed by atoms with Crippen molar-refractivity contribution in [1.82, 2.24) is 20.4 Å². The number of rotatable bonds is 3. The summed E-state index contributed by atoms with van der Waals surface area (Å²) in [4.78, 5) is 38.2. The Morgan fingerprint density at radius 2 is 2.03 bits per heavy atom. The number of carboxylic acid groups (broad SMARTS) is 1. The average Bonchev–Trinajstić information content (AvgIpc) is 3.32. The topological polar surface area (TPSA) is 134 Å². The van der Waals surface area contributed by atoms with Crippen LogP contribution in [0.2, 0.25) is 0 Å². The first-order chi connectivity index (χ1) is 16.4. The smallest absolute Gasteiger partial charge is 0.407 e. The highest BCUT2D eigenvalue weighted by molar-refractivity contribution is 6.05. The lowest BCUT2D eigenvalue weighted by molar-refractivity contribution is -0.0205. The molecule has 1 saturated heterocycles. The maximum absolute atomic E-state index is 13.3. The minimum atomic E-state index is -0.953. The number of carbonyl (C=O) groups excluding carboxylic acids is 2. The fraction of sp³-hybridized carbons (Fsp3) is 0.333. The molecule has 2 aliphatic rings. The predicted octanol–water partition coefficient (Wildman–Crippen LogP) is 3.12. The summed E-state index contributed by atoms with van der Waals surface area (Å²) in [7, 11) is 1.31. The molecule has 0 bridgehead atoms. The molecule has 0 aliphatic carbocycles. The summed E-state index contributed by atoms with van der Waals surface area (Å²) in [5, 5.41) is 20.2. The third kappa shape index (κ3) is 3.81. The van der Waals surface area contributed by atoms with E-state index >= 15 is 0 Å². The number of hydrogen-bond acceptors (Lipinski definition) is 6. The van der Waals surface area contributed by atoms with Gasteiger partial charge in [0.25, 0.3) is 5.91 Å². The molecule has 0 radical (unpaired) electrons. The molecule has 10 heteroatoms. The van der Waals surface area contributed by atoms with Gasteiger partial charge in [-0.15, -0.1) is 0 Å². The molecule has 34 heavy (non-hydrogen) atoms. The Morgan fingerprint density at radius 3 is 2.76 bits per heavy atom. The van der Waals surface area contributed by atoms with Gasteiger partial charge in [0.1, 0.15) is 11.4 Å². The van der Waals surface area contributed by atoms with Crippen molar-refractivity contribution in [2.75, 3.05) is 20.2 Å². The number of hydrogen-bond donors (Lipinski definition) is 3. The fourth-order valence-electron chi connectivity index (χ4n) is 4.85. The summed E-state index contributed by atoms with van der Waals surface area (Å²) in [5.41, 5.74) is 1.52. The SMILES string of the molecule is COC(=O)c1ccc2c(c1)C(NC(=O)c1cccc3cn[nH]c13)CC1(CCN(C(=O)O)CC1)O2. The molecule has 1 spiro atoms. The molecule has 2 aromatic carbocycles. The molecule has 10 nitrogen and oxygen atoms in total. The van der Waals surface area contributed by atoms with Gasteiger partial charge in [0.05, 0.1) is 36.0 Å². The maximum atomic E-state index is 13.3. The highest BCUT2D eigenvalue weighted by Gasteiger charge is 2.44. The summed E-state index contributed by atoms with van der Waals surface area (Å²) >= 11 is 0. The number of nitrogens with one attached hydrogen (secondary N) is 2. The number of ether oxygens (including phenoxy) is 2. The summed E-state index contributed by atoms with van der Waals surface area (Å²) in [6.07, 6.45) is 2.15. The molecule has 1 aromatic heterocycles. The van der Waals surface area contributed by atoms with Crippen molar-refractivity contribution >= 4 is 28.9 Å². The lowest BCUT2D eigenvalue weighted by atomic mass is 9.80. The van der Waals surface area contributed by atoms with E-state index in [1.165, 1.54) is 12.0 Å². The Kier molecular flexibility index (Phi) is 5.35. The van der Waals surface area contributed by atoms with Crippen molar-refractivity contribution in [2.45, 2.75) is 30.9 Å². The molecule has 1 unspecified atom stereocenters. The molecule has 3 aromatic rings. The average molecular weight is 464 g/mol. The van der Waals surface area contributed by atoms with Crippen molar-refractivity contribution in [3.8, 4) is 5.75 Å². The molecule has 1 fully saturated rings. The number of amides is 2. The van der Waals surface area contributed by atoms with E-state index in [1.807, 2.05) is 6.07 Å². The third-order valence-corrected chi connectivity index (χ3v) is 6.68. The first-order valence-corrected chi connectivity index (χ1v) is 11.0. The van der Waals surface area contributed by atoms with E-state index in [0.29, 0.717) is 60.3 Å². The van der Waals surface area contributed by atoms with Gasteiger partial charge in [-0.1, -0.05) is 12.1 Å². The highest BCUT2D eigenvalue weighted by atomic mass is 16.5. The zero-order valence-corrected chi connectivity index (χ0v) is 18.5. The maximum Gasteiger partial charge on any atom is 0.407 e. The lowest BCUT2D eigenvalue weighted by Gasteiger charge is -2.46. The third-order valence-electron chi connectivity index (χ3n) is 6.68. The highest BCUT2D eigenvalue weighted by Crippen LogP contribution is 2.45. The number of benzene rings is 2. The van der Waals surface area contributed by atoms with Crippen molar-refractivity contribution < 1.29 is 29.0 Å². The second-order valence-corrected chi connectivity index (χ2v) is 8.67. The van der Waals surface area contributed by atoms with Crippen LogP contribution in [0.3, 0.4) is 0 Å². The summed E-state index contributed by atoms with van der Waals surface area (Å²) in [6.45, 7) is 0.693. The first kappa shape index (κ1) is 21.7. The number of nitrogens with zero attached hydrogens (tertiary/aromatic N) is 2. The molecule has 176 valence electrons. The van der Waals surface area contributed by atoms with E-state index in [4.69, 9.17) is 9.47 Å². The van der Waals surface area contributed by atoms with Crippen LogP contribution in [0.25, 0.3) is 10.9 Å². The van der Waals surface area contributed by atoms with Crippen molar-refractivity contribution in [2.24, 2.45) is 0 Å². The molecular weight excluding hydrogens is 440 g/mol. The van der Waals surface area contributed by atoms with Gasteiger partial charge in [-0.05, 0) is 24.3 Å². The van der Waals surface area contributed by atoms with Crippen LogP contribution in [-0.4, -0.2) is 64.0 Å². The Morgan fingerprint density at radius 1 is 1.24 bits per heavy atom. The zero-order chi connectivity index (χ0) is 23.9. The Balaban J connectivity index is 1.49. The fourth-order valence-corrected chi connectivity index (χ4v) is 4.85. The van der Waals surface area contributed by atoms with Gasteiger partial charge in [0.2, 0.25) is 0 Å². The van der Waals surface area contributed by atoms with Gasteiger partial charge in [-0.2, -0.15) is 5.10 Å². The van der Waals surface area contributed by atoms with Crippen molar-refractivity contribution in [1.29, 1.82) is 0 Å². The van der Waals surface area contributed by atoms with Gasteiger partial charge >= 0.3 is 12.1 Å². The minimum Gasteiger partial charge on any atom is -0.487 e. The number of aromatic nitrogens is 2. The zero-order valence-electron chi connectivity index (χ0n) is 18.5. The lowest BCUT2D eigenvalue weighted by Crippen LogP contribution is -2.53. The first-order valence-electron chi connectivity index (χ1n) is 11.0. The Hall–Kier alpha value is -4.08. The molecular formula is C24H24N4O6. The summed E-state index contributed by atoms with van der Waals surface area (Å²) in [5.74, 6) is -0.202. The number of H-pyrrole nitrogens is 1. The Labute approximate surface area is 194 Å². The van der Waals surface area contributed by atoms with Crippen LogP contribution in [0.4, 0.5) is 4.79 Å². The number of methoxy groups -OCH3 is 1. The number of esters is 1. The van der Waals surface area contributed by atoms with Crippen LogP contribution in [-0.2, 0) is 4.74 Å². The van der Waals surface area contributed by atoms with Gasteiger partial charge in [0.15, 0.2) is 0 Å². The number of carbonyl (C=O) groups is 3. The standard InChI is InChI=1S/C24H24N4O6/c1-33-22(30)14-5-6-19-17(11-14)18(12-24(34-19)7-9-28(10-8-24)23(31)32)26-21(29)16-4-2-3-15-13-25-27-20(15)16/h2-6,11,13,18H,7-10,12H2,1H3,(H,25,27)(H,26,29)(H,31,32). The molecule has 2 amide bonds. The number of piperidine rings is 1. The predicted molar refractivity (Wildman–Crippen MR) is 121 cm³/mol. The van der Waals surface area contributed by atoms with Crippen LogP contribution >= 0.6 is 0 Å². The number of fused-ring (bicyclic) bond motifs is 2. The second-order valence-electron chi connectivity index (χ2n) is 8.67. The number of para-hydroxylation sites is 1. The van der Waals surface area contributed by atoms with E-state index in [2.05, 4.69) is 15.5 Å². The molecule has 3 N–H and O–H groups in total. The second kappa shape index (κ2) is 8.36. The molecule has 0 saturated carbocycles. The van der Waals surface area contributed by atoms with E-state index in [-0.39, 0.29) is 5.91 Å². The van der Waals surface area contributed by atoms with Gasteiger partial charge in [0, 0.05) is 43.3 Å². The van der Waals surface area contributed by atoms with Crippen LogP contribution in [0, 0.1) is 0 Å². The molecule has 2 aliphatic heterocycles. The van der Waals surface area contributed by atoms with Crippen molar-refractivity contribution in [3.63, 3.8) is 0 Å². The Bertz CT molecular complexity index is 1280. The van der Waals surface area contributed by atoms with Crippen LogP contribution < -0.4 is 10.1 Å². The summed E-state index contributed by atoms with van der Waals surface area (Å²) < 4.78 is 11.3. The number of likely N-dealkylation sites (tertiary alicyclic amines) is 1. The quantitative estimate of drug-likeness (QED) is 0.507. The van der Waals surface area contributed by atoms with Gasteiger partial charge < -0.3 is 24.8 Å². The van der Waals surface area contributed by atoms with Gasteiger partial charge in [-0.3, -0.25) is 9.89 Å². The summed E-state index contributed by atoms with van der Waals surface area (Å²) in [6, 6.07) is 9.96. The van der Waals surface area contributed by atoms with Crippen molar-refractivity contribution in [3.05, 3.63) is 59.3 Å².